The minimum Gasteiger partial charge on any atom is -0.198 e. The van der Waals surface area contributed by atoms with E-state index in [0.717, 1.165) is 11.1 Å². The normalized spacial score (nSPS) is 13.2. The number of hydrogen-bond acceptors (Lipinski definition) is 1. The second-order valence-electron chi connectivity index (χ2n) is 3.84. The first-order chi connectivity index (χ1) is 7.33. The van der Waals surface area contributed by atoms with Crippen molar-refractivity contribution < 1.29 is 13.2 Å². The average molecular weight is 227 g/mol. The molecular formula is C12H12F3N. The number of hydrogen-bond donors (Lipinski definition) is 0. The fourth-order valence-corrected chi connectivity index (χ4v) is 1.45. The smallest absolute Gasteiger partial charge is 0.198 e. The van der Waals surface area contributed by atoms with Crippen molar-refractivity contribution in [2.45, 2.75) is 32.4 Å². The Balaban J connectivity index is 2.97. The van der Waals surface area contributed by atoms with Gasteiger partial charge in [-0.05, 0) is 30.5 Å². The molecule has 0 aliphatic rings. The highest BCUT2D eigenvalue weighted by Gasteiger charge is 2.32. The van der Waals surface area contributed by atoms with Crippen molar-refractivity contribution in [3.63, 3.8) is 0 Å². The van der Waals surface area contributed by atoms with Gasteiger partial charge in [0.1, 0.15) is 0 Å². The van der Waals surface area contributed by atoms with Gasteiger partial charge in [0.15, 0.2) is 0 Å². The van der Waals surface area contributed by atoms with E-state index in [-0.39, 0.29) is 0 Å². The van der Waals surface area contributed by atoms with Gasteiger partial charge in [0.2, 0.25) is 0 Å². The predicted molar refractivity (Wildman–Crippen MR) is 54.9 cm³/mol. The highest BCUT2D eigenvalue weighted by molar-refractivity contribution is 5.34. The van der Waals surface area contributed by atoms with E-state index in [0.29, 0.717) is 5.56 Å². The van der Waals surface area contributed by atoms with E-state index in [2.05, 4.69) is 0 Å². The minimum atomic E-state index is -4.31. The highest BCUT2D eigenvalue weighted by atomic mass is 19.4. The van der Waals surface area contributed by atoms with E-state index in [9.17, 15) is 13.2 Å². The second-order valence-corrected chi connectivity index (χ2v) is 3.84. The van der Waals surface area contributed by atoms with E-state index in [1.807, 2.05) is 13.8 Å². The van der Waals surface area contributed by atoms with Crippen LogP contribution in [0.5, 0.6) is 0 Å². The van der Waals surface area contributed by atoms with Crippen LogP contribution in [-0.2, 0) is 0 Å². The lowest BCUT2D eigenvalue weighted by molar-refractivity contribution is -0.136. The Labute approximate surface area is 92.5 Å². The number of benzene rings is 1. The van der Waals surface area contributed by atoms with E-state index < -0.39 is 18.5 Å². The van der Waals surface area contributed by atoms with Gasteiger partial charge in [-0.2, -0.15) is 18.4 Å². The molecule has 0 radical (unpaired) electrons. The molecule has 1 atom stereocenters. The lowest BCUT2D eigenvalue weighted by Crippen LogP contribution is -2.13. The Hall–Kier alpha value is -1.50. The molecule has 0 heterocycles. The molecule has 0 aromatic heterocycles. The predicted octanol–water partition coefficient (Wildman–Crippen LogP) is 3.86. The molecule has 0 bridgehead atoms. The minimum absolute atomic E-state index is 0.433. The zero-order chi connectivity index (χ0) is 12.3. The van der Waals surface area contributed by atoms with Gasteiger partial charge in [-0.15, -0.1) is 0 Å². The Bertz CT molecular complexity index is 415. The average Bonchev–Trinajstić information content (AvgIpc) is 2.17. The number of rotatable bonds is 2. The van der Waals surface area contributed by atoms with Gasteiger partial charge >= 0.3 is 6.18 Å². The van der Waals surface area contributed by atoms with Crippen LogP contribution >= 0.6 is 0 Å². The summed E-state index contributed by atoms with van der Waals surface area (Å²) in [5.74, 6) is -1.11. The summed E-state index contributed by atoms with van der Waals surface area (Å²) in [5.41, 5.74) is 2.34. The van der Waals surface area contributed by atoms with Gasteiger partial charge in [-0.3, -0.25) is 0 Å². The maximum absolute atomic E-state index is 12.2. The molecule has 86 valence electrons. The SMILES string of the molecule is Cc1ccc([C@@H](C#N)CC(F)(F)F)cc1C. The van der Waals surface area contributed by atoms with Crippen molar-refractivity contribution in [2.24, 2.45) is 0 Å². The van der Waals surface area contributed by atoms with Crippen LogP contribution in [0.1, 0.15) is 29.0 Å². The number of aryl methyl sites for hydroxylation is 2. The van der Waals surface area contributed by atoms with Gasteiger partial charge < -0.3 is 0 Å². The van der Waals surface area contributed by atoms with Gasteiger partial charge in [0.25, 0.3) is 0 Å². The molecule has 0 amide bonds. The zero-order valence-corrected chi connectivity index (χ0v) is 9.10. The molecule has 1 aromatic rings. The molecule has 16 heavy (non-hydrogen) atoms. The summed E-state index contributed by atoms with van der Waals surface area (Å²) in [6.07, 6.45) is -5.40. The van der Waals surface area contributed by atoms with Crippen LogP contribution in [0, 0.1) is 25.2 Å². The van der Waals surface area contributed by atoms with Crippen molar-refractivity contribution in [2.75, 3.05) is 0 Å². The summed E-state index contributed by atoms with van der Waals surface area (Å²) in [6, 6.07) is 6.68. The first-order valence-electron chi connectivity index (χ1n) is 4.87. The first-order valence-corrected chi connectivity index (χ1v) is 4.87. The van der Waals surface area contributed by atoms with Crippen LogP contribution < -0.4 is 0 Å². The van der Waals surface area contributed by atoms with Crippen molar-refractivity contribution in [3.8, 4) is 6.07 Å². The lowest BCUT2D eigenvalue weighted by Gasteiger charge is -2.13. The van der Waals surface area contributed by atoms with Crippen molar-refractivity contribution >= 4 is 0 Å². The molecule has 0 unspecified atom stereocenters. The van der Waals surface area contributed by atoms with Crippen LogP contribution in [0.25, 0.3) is 0 Å². The molecule has 1 nitrogen and oxygen atoms in total. The third-order valence-electron chi connectivity index (χ3n) is 2.52. The molecule has 0 aliphatic carbocycles. The van der Waals surface area contributed by atoms with E-state index in [1.54, 1.807) is 24.3 Å². The first kappa shape index (κ1) is 12.6. The van der Waals surface area contributed by atoms with Crippen LogP contribution in [0.4, 0.5) is 13.2 Å². The summed E-state index contributed by atoms with van der Waals surface area (Å²) in [7, 11) is 0. The third kappa shape index (κ3) is 3.27. The van der Waals surface area contributed by atoms with E-state index >= 15 is 0 Å². The van der Waals surface area contributed by atoms with Crippen LogP contribution in [0.15, 0.2) is 18.2 Å². The molecule has 0 saturated heterocycles. The second kappa shape index (κ2) is 4.56. The summed E-state index contributed by atoms with van der Waals surface area (Å²) < 4.78 is 36.6. The molecule has 0 spiro atoms. The Morgan fingerprint density at radius 1 is 1.25 bits per heavy atom. The molecule has 4 heteroatoms. The number of halogens is 3. The van der Waals surface area contributed by atoms with Gasteiger partial charge in [-0.1, -0.05) is 18.2 Å². The van der Waals surface area contributed by atoms with Crippen LogP contribution in [-0.4, -0.2) is 6.18 Å². The summed E-state index contributed by atoms with van der Waals surface area (Å²) in [4.78, 5) is 0. The largest absolute Gasteiger partial charge is 0.390 e. The monoisotopic (exact) mass is 227 g/mol. The summed E-state index contributed by atoms with van der Waals surface area (Å²) in [6.45, 7) is 3.70. The topological polar surface area (TPSA) is 23.8 Å². The van der Waals surface area contributed by atoms with Crippen LogP contribution in [0.2, 0.25) is 0 Å². The van der Waals surface area contributed by atoms with Gasteiger partial charge in [-0.25, -0.2) is 0 Å². The van der Waals surface area contributed by atoms with E-state index in [4.69, 9.17) is 5.26 Å². The summed E-state index contributed by atoms with van der Waals surface area (Å²) >= 11 is 0. The molecule has 0 N–H and O–H groups in total. The van der Waals surface area contributed by atoms with Gasteiger partial charge in [0, 0.05) is 0 Å². The maximum Gasteiger partial charge on any atom is 0.390 e. The highest BCUT2D eigenvalue weighted by Crippen LogP contribution is 2.31. The Morgan fingerprint density at radius 3 is 2.31 bits per heavy atom. The molecule has 1 aromatic carbocycles. The molecule has 0 saturated carbocycles. The fourth-order valence-electron chi connectivity index (χ4n) is 1.45. The maximum atomic E-state index is 12.2. The van der Waals surface area contributed by atoms with Crippen molar-refractivity contribution in [1.29, 1.82) is 5.26 Å². The molecular weight excluding hydrogens is 215 g/mol. The Morgan fingerprint density at radius 2 is 1.88 bits per heavy atom. The quantitative estimate of drug-likeness (QED) is 0.752. The lowest BCUT2D eigenvalue weighted by atomic mass is 9.94. The number of alkyl halides is 3. The van der Waals surface area contributed by atoms with Crippen molar-refractivity contribution in [1.82, 2.24) is 0 Å². The van der Waals surface area contributed by atoms with Crippen LogP contribution in [0.3, 0.4) is 0 Å². The van der Waals surface area contributed by atoms with Gasteiger partial charge in [0.05, 0.1) is 18.4 Å². The Kier molecular flexibility index (Phi) is 3.58. The number of nitrogens with zero attached hydrogens (tertiary/aromatic N) is 1. The number of nitriles is 1. The third-order valence-corrected chi connectivity index (χ3v) is 2.52. The van der Waals surface area contributed by atoms with E-state index in [1.165, 1.54) is 0 Å². The van der Waals surface area contributed by atoms with Crippen molar-refractivity contribution in [3.05, 3.63) is 34.9 Å². The molecule has 0 fully saturated rings. The zero-order valence-electron chi connectivity index (χ0n) is 9.10. The fraction of sp³-hybridized carbons (Fsp3) is 0.417. The molecule has 0 aliphatic heterocycles. The summed E-state index contributed by atoms with van der Waals surface area (Å²) in [5, 5.41) is 8.75. The standard InChI is InChI=1S/C12H12F3N/c1-8-3-4-10(5-9(8)2)11(7-16)6-12(13,14)15/h3-5,11H,6H2,1-2H3/t11-/m1/s1. The molecule has 1 rings (SSSR count).